The number of hydrogen-bond donors (Lipinski definition) is 2. The highest BCUT2D eigenvalue weighted by atomic mass is 16.4. The van der Waals surface area contributed by atoms with E-state index in [0.29, 0.717) is 19.4 Å². The van der Waals surface area contributed by atoms with E-state index in [9.17, 15) is 9.90 Å². The first-order valence-corrected chi connectivity index (χ1v) is 12.1. The molecule has 184 valence electrons. The number of anilines is 3. The Morgan fingerprint density at radius 3 is 2.46 bits per heavy atom. The molecule has 2 atom stereocenters. The van der Waals surface area contributed by atoms with Crippen LogP contribution in [0.5, 0.6) is 0 Å². The summed E-state index contributed by atoms with van der Waals surface area (Å²) in [6.07, 6.45) is 0.543. The molecule has 1 fully saturated rings. The lowest BCUT2D eigenvalue weighted by molar-refractivity contribution is 0.0516. The second-order valence-corrected chi connectivity index (χ2v) is 10.5. The molecule has 0 aliphatic carbocycles. The Labute approximate surface area is 207 Å². The fraction of sp³-hybridized carbons (Fsp3) is 0.393. The van der Waals surface area contributed by atoms with Crippen molar-refractivity contribution in [1.82, 2.24) is 14.9 Å². The van der Waals surface area contributed by atoms with Crippen LogP contribution in [0.3, 0.4) is 0 Å². The number of aromatic nitrogens is 2. The van der Waals surface area contributed by atoms with Gasteiger partial charge in [0.25, 0.3) is 0 Å². The molecule has 35 heavy (non-hydrogen) atoms. The number of nitrogens with zero attached hydrogens (tertiary/aromatic N) is 4. The van der Waals surface area contributed by atoms with Crippen molar-refractivity contribution in [2.75, 3.05) is 30.9 Å². The maximum absolute atomic E-state index is 11.9. The molecule has 2 heterocycles. The second-order valence-electron chi connectivity index (χ2n) is 10.5. The molecule has 1 amide bonds. The van der Waals surface area contributed by atoms with Gasteiger partial charge in [0, 0.05) is 55.6 Å². The van der Waals surface area contributed by atoms with Gasteiger partial charge in [-0.1, -0.05) is 57.2 Å². The fourth-order valence-corrected chi connectivity index (χ4v) is 4.73. The van der Waals surface area contributed by atoms with E-state index in [1.165, 1.54) is 0 Å². The Bertz CT molecular complexity index is 1170. The molecule has 1 aromatic heterocycles. The first kappa shape index (κ1) is 24.5. The molecule has 2 N–H and O–H groups in total. The van der Waals surface area contributed by atoms with Gasteiger partial charge in [-0.25, -0.2) is 14.8 Å². The molecule has 2 aromatic carbocycles. The van der Waals surface area contributed by atoms with Gasteiger partial charge in [-0.3, -0.25) is 0 Å². The summed E-state index contributed by atoms with van der Waals surface area (Å²) >= 11 is 0. The molecule has 0 radical (unpaired) electrons. The number of amides is 1. The molecule has 0 saturated carbocycles. The highest BCUT2D eigenvalue weighted by Gasteiger charge is 2.40. The largest absolute Gasteiger partial charge is 0.465 e. The highest BCUT2D eigenvalue weighted by molar-refractivity contribution is 5.68. The minimum absolute atomic E-state index is 0.0761. The minimum atomic E-state index is -0.856. The van der Waals surface area contributed by atoms with Crippen LogP contribution in [0.4, 0.5) is 22.0 Å². The molecule has 1 saturated heterocycles. The number of rotatable bonds is 5. The number of carbonyl (C=O) groups is 1. The minimum Gasteiger partial charge on any atom is -0.465 e. The Kier molecular flexibility index (Phi) is 6.96. The van der Waals surface area contributed by atoms with E-state index < -0.39 is 6.09 Å². The lowest BCUT2D eigenvalue weighted by atomic mass is 9.77. The van der Waals surface area contributed by atoms with Crippen molar-refractivity contribution in [3.8, 4) is 11.3 Å². The highest BCUT2D eigenvalue weighted by Crippen LogP contribution is 2.39. The monoisotopic (exact) mass is 473 g/mol. The van der Waals surface area contributed by atoms with Crippen LogP contribution in [-0.4, -0.2) is 52.7 Å². The molecule has 2 unspecified atom stereocenters. The van der Waals surface area contributed by atoms with Gasteiger partial charge in [-0.2, -0.15) is 0 Å². The zero-order valence-electron chi connectivity index (χ0n) is 21.2. The van der Waals surface area contributed by atoms with Crippen LogP contribution in [0.1, 0.15) is 45.4 Å². The molecule has 7 nitrogen and oxygen atoms in total. The van der Waals surface area contributed by atoms with Gasteiger partial charge < -0.3 is 20.2 Å². The first-order chi connectivity index (χ1) is 16.6. The Morgan fingerprint density at radius 1 is 1.06 bits per heavy atom. The molecule has 0 spiro atoms. The Balaban J connectivity index is 1.71. The van der Waals surface area contributed by atoms with Crippen LogP contribution in [0.15, 0.2) is 60.7 Å². The fourth-order valence-electron chi connectivity index (χ4n) is 4.73. The molecule has 0 bridgehead atoms. The maximum atomic E-state index is 11.9. The van der Waals surface area contributed by atoms with Crippen LogP contribution in [0.25, 0.3) is 11.3 Å². The van der Waals surface area contributed by atoms with Crippen LogP contribution in [-0.2, 0) is 0 Å². The summed E-state index contributed by atoms with van der Waals surface area (Å²) < 4.78 is 0. The third kappa shape index (κ3) is 5.73. The normalized spacial score (nSPS) is 18.3. The summed E-state index contributed by atoms with van der Waals surface area (Å²) in [5, 5.41) is 13.2. The zero-order valence-corrected chi connectivity index (χ0v) is 21.2. The smallest absolute Gasteiger partial charge is 0.407 e. The summed E-state index contributed by atoms with van der Waals surface area (Å²) in [7, 11) is 4.04. The van der Waals surface area contributed by atoms with Gasteiger partial charge in [0.1, 0.15) is 11.6 Å². The SMILES string of the molecule is CN(C)c1cccc(Nc2cc(-c3ccccc3)nc(C3CCN(C(=O)O)C(C(C)(C)C)C3)n2)c1. The molecule has 7 heteroatoms. The van der Waals surface area contributed by atoms with E-state index in [1.807, 2.05) is 62.6 Å². The third-order valence-electron chi connectivity index (χ3n) is 6.66. The average Bonchev–Trinajstić information content (AvgIpc) is 2.83. The molecule has 1 aliphatic heterocycles. The van der Waals surface area contributed by atoms with E-state index in [-0.39, 0.29) is 17.4 Å². The van der Waals surface area contributed by atoms with Gasteiger partial charge in [0.2, 0.25) is 0 Å². The zero-order chi connectivity index (χ0) is 25.2. The molecular weight excluding hydrogens is 438 g/mol. The summed E-state index contributed by atoms with van der Waals surface area (Å²) in [6, 6.07) is 20.2. The Morgan fingerprint density at radius 2 is 1.80 bits per heavy atom. The van der Waals surface area contributed by atoms with Gasteiger partial charge in [0.15, 0.2) is 0 Å². The predicted octanol–water partition coefficient (Wildman–Crippen LogP) is 6.23. The van der Waals surface area contributed by atoms with Gasteiger partial charge >= 0.3 is 6.09 Å². The predicted molar refractivity (Wildman–Crippen MR) is 141 cm³/mol. The van der Waals surface area contributed by atoms with Crippen LogP contribution >= 0.6 is 0 Å². The number of benzene rings is 2. The van der Waals surface area contributed by atoms with E-state index in [2.05, 4.69) is 43.1 Å². The van der Waals surface area contributed by atoms with Crippen molar-refractivity contribution < 1.29 is 9.90 Å². The van der Waals surface area contributed by atoms with Crippen LogP contribution in [0.2, 0.25) is 0 Å². The van der Waals surface area contributed by atoms with Crippen molar-refractivity contribution in [1.29, 1.82) is 0 Å². The van der Waals surface area contributed by atoms with Gasteiger partial charge in [-0.05, 0) is 36.5 Å². The van der Waals surface area contributed by atoms with Crippen molar-refractivity contribution >= 4 is 23.3 Å². The number of carboxylic acid groups (broad SMARTS) is 1. The standard InChI is InChI=1S/C28H35N5O2/c1-28(2,3)24-16-20(14-15-33(24)27(34)35)26-30-23(19-10-7-6-8-11-19)18-25(31-26)29-21-12-9-13-22(17-21)32(4)5/h6-13,17-18,20,24H,14-16H2,1-5H3,(H,34,35)(H,29,30,31). The third-order valence-corrected chi connectivity index (χ3v) is 6.66. The average molecular weight is 474 g/mol. The Hall–Kier alpha value is -3.61. The van der Waals surface area contributed by atoms with E-state index >= 15 is 0 Å². The number of hydrogen-bond acceptors (Lipinski definition) is 5. The summed E-state index contributed by atoms with van der Waals surface area (Å²) in [5.41, 5.74) is 3.75. The summed E-state index contributed by atoms with van der Waals surface area (Å²) in [5.74, 6) is 1.57. The second kappa shape index (κ2) is 9.94. The summed E-state index contributed by atoms with van der Waals surface area (Å²) in [4.78, 5) is 25.5. The number of nitrogens with one attached hydrogen (secondary N) is 1. The van der Waals surface area contributed by atoms with Gasteiger partial charge in [-0.15, -0.1) is 0 Å². The van der Waals surface area contributed by atoms with Crippen molar-refractivity contribution in [2.45, 2.75) is 45.6 Å². The van der Waals surface area contributed by atoms with E-state index in [0.717, 1.165) is 34.3 Å². The van der Waals surface area contributed by atoms with E-state index in [4.69, 9.17) is 9.97 Å². The van der Waals surface area contributed by atoms with Crippen molar-refractivity contribution in [3.05, 3.63) is 66.5 Å². The lowest BCUT2D eigenvalue weighted by Crippen LogP contribution is -2.51. The topological polar surface area (TPSA) is 81.6 Å². The van der Waals surface area contributed by atoms with Crippen molar-refractivity contribution in [3.63, 3.8) is 0 Å². The van der Waals surface area contributed by atoms with Crippen molar-refractivity contribution in [2.24, 2.45) is 5.41 Å². The number of likely N-dealkylation sites (tertiary alicyclic amines) is 1. The quantitative estimate of drug-likeness (QED) is 0.457. The first-order valence-electron chi connectivity index (χ1n) is 12.1. The molecule has 3 aromatic rings. The molecule has 4 rings (SSSR count). The lowest BCUT2D eigenvalue weighted by Gasteiger charge is -2.44. The van der Waals surface area contributed by atoms with Gasteiger partial charge in [0.05, 0.1) is 5.69 Å². The summed E-state index contributed by atoms with van der Waals surface area (Å²) in [6.45, 7) is 6.78. The van der Waals surface area contributed by atoms with E-state index in [1.54, 1.807) is 4.90 Å². The molecular formula is C28H35N5O2. The maximum Gasteiger partial charge on any atom is 0.407 e. The van der Waals surface area contributed by atoms with Crippen LogP contribution < -0.4 is 10.2 Å². The molecule has 1 aliphatic rings. The number of piperidine rings is 1. The van der Waals surface area contributed by atoms with Crippen LogP contribution in [0, 0.1) is 5.41 Å².